The number of carbonyl (C=O) groups is 1. The molecule has 2 unspecified atom stereocenters. The van der Waals surface area contributed by atoms with Gasteiger partial charge in [0.05, 0.1) is 13.2 Å². The summed E-state index contributed by atoms with van der Waals surface area (Å²) in [5.41, 5.74) is 0. The molecule has 0 aliphatic carbocycles. The Bertz CT molecular complexity index is 332. The van der Waals surface area contributed by atoms with E-state index in [2.05, 4.69) is 29.5 Å². The number of nitrogens with one attached hydrogen (secondary N) is 2. The minimum Gasteiger partial charge on any atom is -0.383 e. The lowest BCUT2D eigenvalue weighted by molar-refractivity contribution is -0.122. The van der Waals surface area contributed by atoms with Crippen LogP contribution in [-0.4, -0.2) is 49.2 Å². The number of carbonyl (C=O) groups excluding carboxylic acids is 1. The molecule has 0 spiro atoms. The number of ether oxygens (including phenoxy) is 1. The van der Waals surface area contributed by atoms with Crippen LogP contribution >= 0.6 is 11.8 Å². The van der Waals surface area contributed by atoms with E-state index >= 15 is 0 Å². The van der Waals surface area contributed by atoms with Gasteiger partial charge in [-0.05, 0) is 12.8 Å². The van der Waals surface area contributed by atoms with Crippen molar-refractivity contribution >= 4 is 22.8 Å². The number of aliphatic imine (C=N–C) groups is 1. The third-order valence-corrected chi connectivity index (χ3v) is 4.90. The topological polar surface area (TPSA) is 62.7 Å². The second-order valence-corrected chi connectivity index (χ2v) is 6.26. The lowest BCUT2D eigenvalue weighted by Gasteiger charge is -2.19. The van der Waals surface area contributed by atoms with Gasteiger partial charge >= 0.3 is 0 Å². The molecule has 0 aromatic heterocycles. The predicted octanol–water partition coefficient (Wildman–Crippen LogP) is 1.63. The third-order valence-electron chi connectivity index (χ3n) is 3.59. The highest BCUT2D eigenvalue weighted by atomic mass is 32.2. The third kappa shape index (κ3) is 5.32. The molecule has 1 aliphatic heterocycles. The van der Waals surface area contributed by atoms with Gasteiger partial charge in [-0.25, -0.2) is 0 Å². The van der Waals surface area contributed by atoms with Gasteiger partial charge < -0.3 is 15.4 Å². The first-order valence-corrected chi connectivity index (χ1v) is 8.24. The highest BCUT2D eigenvalue weighted by Gasteiger charge is 2.27. The van der Waals surface area contributed by atoms with Crippen LogP contribution in [0.25, 0.3) is 0 Å². The zero-order valence-electron chi connectivity index (χ0n) is 12.9. The number of amides is 1. The first-order chi connectivity index (χ1) is 9.62. The molecule has 2 N–H and O–H groups in total. The maximum absolute atomic E-state index is 11.8. The van der Waals surface area contributed by atoms with Crippen molar-refractivity contribution in [3.05, 3.63) is 0 Å². The SMILES string of the molecule is CCC(CC)C1CN=C(NC(C)C(=O)NCCOC)S1. The molecule has 0 aromatic rings. The number of hydrogen-bond acceptors (Lipinski definition) is 5. The number of hydrogen-bond donors (Lipinski definition) is 2. The summed E-state index contributed by atoms with van der Waals surface area (Å²) in [7, 11) is 1.62. The quantitative estimate of drug-likeness (QED) is 0.669. The molecule has 5 nitrogen and oxygen atoms in total. The Labute approximate surface area is 126 Å². The van der Waals surface area contributed by atoms with Crippen LogP contribution in [0.3, 0.4) is 0 Å². The summed E-state index contributed by atoms with van der Waals surface area (Å²) in [4.78, 5) is 16.4. The van der Waals surface area contributed by atoms with Gasteiger partial charge in [0.25, 0.3) is 0 Å². The van der Waals surface area contributed by atoms with Gasteiger partial charge in [0, 0.05) is 18.9 Å². The molecule has 2 atom stereocenters. The van der Waals surface area contributed by atoms with Crippen LogP contribution in [-0.2, 0) is 9.53 Å². The summed E-state index contributed by atoms with van der Waals surface area (Å²) in [6.45, 7) is 8.24. The smallest absolute Gasteiger partial charge is 0.242 e. The highest BCUT2D eigenvalue weighted by Crippen LogP contribution is 2.30. The first-order valence-electron chi connectivity index (χ1n) is 7.36. The van der Waals surface area contributed by atoms with E-state index in [0.29, 0.717) is 24.3 Å². The van der Waals surface area contributed by atoms with E-state index in [1.165, 1.54) is 12.8 Å². The Balaban J connectivity index is 2.33. The summed E-state index contributed by atoms with van der Waals surface area (Å²) < 4.78 is 4.91. The van der Waals surface area contributed by atoms with Crippen LogP contribution in [0.2, 0.25) is 0 Å². The number of methoxy groups -OCH3 is 1. The number of nitrogens with zero attached hydrogens (tertiary/aromatic N) is 1. The molecule has 1 rings (SSSR count). The number of rotatable bonds is 8. The summed E-state index contributed by atoms with van der Waals surface area (Å²) in [5.74, 6) is 0.685. The van der Waals surface area contributed by atoms with Gasteiger partial charge in [-0.3, -0.25) is 9.79 Å². The summed E-state index contributed by atoms with van der Waals surface area (Å²) in [6.07, 6.45) is 2.37. The van der Waals surface area contributed by atoms with Crippen LogP contribution in [0.15, 0.2) is 4.99 Å². The van der Waals surface area contributed by atoms with Crippen LogP contribution in [0.4, 0.5) is 0 Å². The number of amidine groups is 1. The molecule has 0 aromatic carbocycles. The molecule has 20 heavy (non-hydrogen) atoms. The van der Waals surface area contributed by atoms with E-state index in [1.807, 2.05) is 6.92 Å². The van der Waals surface area contributed by atoms with Gasteiger partial charge in [-0.2, -0.15) is 0 Å². The number of thioether (sulfide) groups is 1. The Morgan fingerprint density at radius 3 is 2.80 bits per heavy atom. The van der Waals surface area contributed by atoms with Crippen molar-refractivity contribution < 1.29 is 9.53 Å². The Morgan fingerprint density at radius 1 is 1.50 bits per heavy atom. The molecule has 0 saturated carbocycles. The Morgan fingerprint density at radius 2 is 2.20 bits per heavy atom. The van der Waals surface area contributed by atoms with Crippen molar-refractivity contribution in [1.82, 2.24) is 10.6 Å². The maximum Gasteiger partial charge on any atom is 0.242 e. The molecule has 0 fully saturated rings. The van der Waals surface area contributed by atoms with Crippen LogP contribution in [0.5, 0.6) is 0 Å². The van der Waals surface area contributed by atoms with E-state index < -0.39 is 0 Å². The van der Waals surface area contributed by atoms with Gasteiger partial charge in [0.15, 0.2) is 5.17 Å². The van der Waals surface area contributed by atoms with E-state index in [4.69, 9.17) is 4.74 Å². The fraction of sp³-hybridized carbons (Fsp3) is 0.857. The molecule has 0 radical (unpaired) electrons. The van der Waals surface area contributed by atoms with Crippen molar-refractivity contribution in [2.75, 3.05) is 26.8 Å². The monoisotopic (exact) mass is 301 g/mol. The van der Waals surface area contributed by atoms with E-state index in [0.717, 1.165) is 11.7 Å². The lowest BCUT2D eigenvalue weighted by atomic mass is 9.99. The Hall–Kier alpha value is -0.750. The Kier molecular flexibility index (Phi) is 7.99. The second kappa shape index (κ2) is 9.23. The van der Waals surface area contributed by atoms with Crippen LogP contribution in [0, 0.1) is 5.92 Å². The van der Waals surface area contributed by atoms with Crippen LogP contribution < -0.4 is 10.6 Å². The van der Waals surface area contributed by atoms with Crippen molar-refractivity contribution in [3.63, 3.8) is 0 Å². The van der Waals surface area contributed by atoms with Crippen molar-refractivity contribution in [3.8, 4) is 0 Å². The molecule has 0 saturated heterocycles. The molecule has 0 bridgehead atoms. The van der Waals surface area contributed by atoms with Crippen molar-refractivity contribution in [2.24, 2.45) is 10.9 Å². The molecule has 1 amide bonds. The summed E-state index contributed by atoms with van der Waals surface area (Å²) in [5, 5.41) is 7.47. The fourth-order valence-corrected chi connectivity index (χ4v) is 3.62. The minimum atomic E-state index is -0.265. The van der Waals surface area contributed by atoms with E-state index in [9.17, 15) is 4.79 Å². The summed E-state index contributed by atoms with van der Waals surface area (Å²) in [6, 6.07) is -0.265. The molecule has 116 valence electrons. The maximum atomic E-state index is 11.8. The minimum absolute atomic E-state index is 0.0173. The van der Waals surface area contributed by atoms with Gasteiger partial charge in [0.2, 0.25) is 5.91 Å². The molecular weight excluding hydrogens is 274 g/mol. The average Bonchev–Trinajstić information content (AvgIpc) is 2.88. The van der Waals surface area contributed by atoms with Crippen LogP contribution in [0.1, 0.15) is 33.6 Å². The zero-order chi connectivity index (χ0) is 15.0. The molecule has 1 aliphatic rings. The molecule has 6 heteroatoms. The standard InChI is InChI=1S/C14H27N3O2S/c1-5-11(6-2)12-9-16-14(20-12)17-10(3)13(18)15-7-8-19-4/h10-12H,5-9H2,1-4H3,(H,15,18)(H,16,17). The normalized spacial score (nSPS) is 19.9. The van der Waals surface area contributed by atoms with Crippen molar-refractivity contribution in [1.29, 1.82) is 0 Å². The van der Waals surface area contributed by atoms with Gasteiger partial charge in [-0.1, -0.05) is 38.5 Å². The largest absolute Gasteiger partial charge is 0.383 e. The first kappa shape index (κ1) is 17.3. The lowest BCUT2D eigenvalue weighted by Crippen LogP contribution is -2.44. The summed E-state index contributed by atoms with van der Waals surface area (Å²) >= 11 is 1.78. The van der Waals surface area contributed by atoms with E-state index in [-0.39, 0.29) is 11.9 Å². The van der Waals surface area contributed by atoms with Gasteiger partial charge in [-0.15, -0.1) is 0 Å². The van der Waals surface area contributed by atoms with Gasteiger partial charge in [0.1, 0.15) is 6.04 Å². The van der Waals surface area contributed by atoms with Crippen molar-refractivity contribution in [2.45, 2.75) is 44.9 Å². The fourth-order valence-electron chi connectivity index (χ4n) is 2.21. The average molecular weight is 301 g/mol. The highest BCUT2D eigenvalue weighted by molar-refractivity contribution is 8.14. The molecule has 1 heterocycles. The zero-order valence-corrected chi connectivity index (χ0v) is 13.8. The second-order valence-electron chi connectivity index (χ2n) is 5.03. The van der Waals surface area contributed by atoms with E-state index in [1.54, 1.807) is 18.9 Å². The molecular formula is C14H27N3O2S. The predicted molar refractivity (Wildman–Crippen MR) is 85.2 cm³/mol.